The number of ether oxygens (including phenoxy) is 1. The molecule has 2 atom stereocenters. The third-order valence-corrected chi connectivity index (χ3v) is 6.22. The second-order valence-corrected chi connectivity index (χ2v) is 8.23. The Morgan fingerprint density at radius 3 is 2.55 bits per heavy atom. The van der Waals surface area contributed by atoms with E-state index in [0.29, 0.717) is 31.5 Å². The van der Waals surface area contributed by atoms with Gasteiger partial charge < -0.3 is 19.7 Å². The summed E-state index contributed by atoms with van der Waals surface area (Å²) in [6.45, 7) is 2.37. The summed E-state index contributed by atoms with van der Waals surface area (Å²) in [4.78, 5) is 32.9. The van der Waals surface area contributed by atoms with Crippen LogP contribution in [-0.4, -0.2) is 39.2 Å². The number of amides is 1. The fourth-order valence-corrected chi connectivity index (χ4v) is 4.30. The van der Waals surface area contributed by atoms with Gasteiger partial charge in [-0.15, -0.1) is 0 Å². The Hall–Kier alpha value is -3.52. The number of cyclic esters (lactones) is 1. The molecule has 2 aromatic carbocycles. The topological polar surface area (TPSA) is 95.5 Å². The van der Waals surface area contributed by atoms with Crippen molar-refractivity contribution in [3.8, 4) is 11.3 Å². The molecule has 0 spiro atoms. The van der Waals surface area contributed by atoms with Crippen molar-refractivity contribution in [1.29, 1.82) is 0 Å². The van der Waals surface area contributed by atoms with Crippen LogP contribution in [0.25, 0.3) is 11.3 Å². The SMILES string of the molecule is C[C@@H](c1ccc(-c2cc(=O)[nH]cn2)cc1)N1CC[C@](CCCO)(c2ccc(F)cc2)OC1=O. The third-order valence-electron chi connectivity index (χ3n) is 6.22. The average Bonchev–Trinajstić information content (AvgIpc) is 2.83. The lowest BCUT2D eigenvalue weighted by Crippen LogP contribution is -2.48. The van der Waals surface area contributed by atoms with Crippen LogP contribution in [0.15, 0.2) is 65.7 Å². The van der Waals surface area contributed by atoms with Gasteiger partial charge in [-0.2, -0.15) is 0 Å². The molecule has 0 bridgehead atoms. The molecule has 8 heteroatoms. The van der Waals surface area contributed by atoms with Gasteiger partial charge in [0, 0.05) is 31.2 Å². The number of hydrogen-bond donors (Lipinski definition) is 2. The van der Waals surface area contributed by atoms with E-state index in [4.69, 9.17) is 4.74 Å². The molecule has 1 aliphatic heterocycles. The maximum absolute atomic E-state index is 13.4. The maximum Gasteiger partial charge on any atom is 0.411 e. The van der Waals surface area contributed by atoms with Gasteiger partial charge in [0.25, 0.3) is 5.56 Å². The van der Waals surface area contributed by atoms with Crippen molar-refractivity contribution in [3.63, 3.8) is 0 Å². The minimum absolute atomic E-state index is 0.0187. The first-order valence-corrected chi connectivity index (χ1v) is 10.9. The molecule has 33 heavy (non-hydrogen) atoms. The first kappa shape index (κ1) is 22.7. The van der Waals surface area contributed by atoms with Crippen molar-refractivity contribution in [2.75, 3.05) is 13.2 Å². The molecule has 0 saturated carbocycles. The molecule has 2 heterocycles. The minimum atomic E-state index is -0.889. The molecular weight excluding hydrogens is 425 g/mol. The number of aromatic nitrogens is 2. The summed E-state index contributed by atoms with van der Waals surface area (Å²) in [6.07, 6.45) is 2.38. The lowest BCUT2D eigenvalue weighted by molar-refractivity contribution is -0.0680. The van der Waals surface area contributed by atoms with Crippen molar-refractivity contribution < 1.29 is 19.0 Å². The summed E-state index contributed by atoms with van der Waals surface area (Å²) >= 11 is 0. The van der Waals surface area contributed by atoms with Crippen LogP contribution in [0.2, 0.25) is 0 Å². The maximum atomic E-state index is 13.4. The zero-order chi connectivity index (χ0) is 23.4. The number of carbonyl (C=O) groups is 1. The van der Waals surface area contributed by atoms with E-state index in [-0.39, 0.29) is 24.0 Å². The summed E-state index contributed by atoms with van der Waals surface area (Å²) in [6, 6.07) is 14.7. The van der Waals surface area contributed by atoms with Crippen molar-refractivity contribution in [2.24, 2.45) is 0 Å². The van der Waals surface area contributed by atoms with E-state index in [9.17, 15) is 19.1 Å². The van der Waals surface area contributed by atoms with E-state index in [2.05, 4.69) is 9.97 Å². The third kappa shape index (κ3) is 4.80. The molecule has 172 valence electrons. The monoisotopic (exact) mass is 451 g/mol. The van der Waals surface area contributed by atoms with Crippen LogP contribution in [0.4, 0.5) is 9.18 Å². The van der Waals surface area contributed by atoms with Crippen LogP contribution >= 0.6 is 0 Å². The molecule has 2 N–H and O–H groups in total. The zero-order valence-electron chi connectivity index (χ0n) is 18.3. The zero-order valence-corrected chi connectivity index (χ0v) is 18.3. The standard InChI is InChI=1S/C25H26FN3O4/c1-17(18-3-5-19(6-4-18)22-15-23(31)28-16-27-22)29-13-12-25(11-2-14-30,33-24(29)32)20-7-9-21(26)10-8-20/h3-10,15-17,30H,2,11-14H2,1H3,(H,27,28,31)/t17-,25+/m0/s1. The van der Waals surface area contributed by atoms with Gasteiger partial charge in [0.05, 0.1) is 18.1 Å². The Morgan fingerprint density at radius 2 is 1.91 bits per heavy atom. The molecule has 1 amide bonds. The molecule has 3 aromatic rings. The Kier molecular flexibility index (Phi) is 6.55. The number of aliphatic hydroxyl groups excluding tert-OH is 1. The molecule has 0 aliphatic carbocycles. The predicted octanol–water partition coefficient (Wildman–Crippen LogP) is 4.15. The molecule has 1 fully saturated rings. The number of aromatic amines is 1. The summed E-state index contributed by atoms with van der Waals surface area (Å²) in [7, 11) is 0. The van der Waals surface area contributed by atoms with E-state index in [1.54, 1.807) is 17.0 Å². The second kappa shape index (κ2) is 9.54. The van der Waals surface area contributed by atoms with Crippen molar-refractivity contribution in [1.82, 2.24) is 14.9 Å². The fraction of sp³-hybridized carbons (Fsp3) is 0.320. The van der Waals surface area contributed by atoms with Crippen LogP contribution in [0, 0.1) is 5.82 Å². The minimum Gasteiger partial charge on any atom is -0.438 e. The number of benzene rings is 2. The van der Waals surface area contributed by atoms with Gasteiger partial charge in [-0.05, 0) is 43.0 Å². The van der Waals surface area contributed by atoms with E-state index in [1.165, 1.54) is 24.5 Å². The van der Waals surface area contributed by atoms with E-state index in [1.807, 2.05) is 31.2 Å². The van der Waals surface area contributed by atoms with Gasteiger partial charge in [0.1, 0.15) is 11.4 Å². The number of rotatable bonds is 7. The molecule has 1 aromatic heterocycles. The summed E-state index contributed by atoms with van der Waals surface area (Å²) in [5.41, 5.74) is 1.91. The molecule has 0 radical (unpaired) electrons. The van der Waals surface area contributed by atoms with Crippen molar-refractivity contribution in [3.05, 3.63) is 88.2 Å². The van der Waals surface area contributed by atoms with Crippen molar-refractivity contribution >= 4 is 6.09 Å². The number of nitrogens with zero attached hydrogens (tertiary/aromatic N) is 2. The number of nitrogens with one attached hydrogen (secondary N) is 1. The Bertz CT molecular complexity index is 1160. The van der Waals surface area contributed by atoms with Gasteiger partial charge in [-0.25, -0.2) is 14.2 Å². The fourth-order valence-electron chi connectivity index (χ4n) is 4.30. The Balaban J connectivity index is 1.52. The lowest BCUT2D eigenvalue weighted by Gasteiger charge is -2.43. The van der Waals surface area contributed by atoms with Crippen LogP contribution in [0.5, 0.6) is 0 Å². The van der Waals surface area contributed by atoms with E-state index in [0.717, 1.165) is 16.7 Å². The van der Waals surface area contributed by atoms with Gasteiger partial charge in [-0.1, -0.05) is 36.4 Å². The van der Waals surface area contributed by atoms with Gasteiger partial charge in [0.2, 0.25) is 0 Å². The lowest BCUT2D eigenvalue weighted by atomic mass is 9.84. The summed E-state index contributed by atoms with van der Waals surface area (Å²) in [5, 5.41) is 9.34. The van der Waals surface area contributed by atoms with Crippen LogP contribution in [0.1, 0.15) is 43.4 Å². The molecular formula is C25H26FN3O4. The number of halogens is 1. The first-order chi connectivity index (χ1) is 15.9. The molecule has 7 nitrogen and oxygen atoms in total. The second-order valence-electron chi connectivity index (χ2n) is 8.23. The number of hydrogen-bond acceptors (Lipinski definition) is 5. The quantitative estimate of drug-likeness (QED) is 0.563. The highest BCUT2D eigenvalue weighted by Gasteiger charge is 2.43. The number of carbonyl (C=O) groups excluding carboxylic acids is 1. The molecule has 1 aliphatic rings. The van der Waals surface area contributed by atoms with Crippen LogP contribution < -0.4 is 5.56 Å². The van der Waals surface area contributed by atoms with Gasteiger partial charge in [-0.3, -0.25) is 4.79 Å². The highest BCUT2D eigenvalue weighted by molar-refractivity contribution is 5.70. The van der Waals surface area contributed by atoms with Gasteiger partial charge in [0.15, 0.2) is 0 Å². The normalized spacial score (nSPS) is 19.2. The van der Waals surface area contributed by atoms with Crippen LogP contribution in [-0.2, 0) is 10.3 Å². The Labute approximate surface area is 190 Å². The molecule has 1 saturated heterocycles. The number of H-pyrrole nitrogens is 1. The first-order valence-electron chi connectivity index (χ1n) is 10.9. The van der Waals surface area contributed by atoms with Gasteiger partial charge >= 0.3 is 6.09 Å². The summed E-state index contributed by atoms with van der Waals surface area (Å²) in [5.74, 6) is -0.354. The highest BCUT2D eigenvalue weighted by Crippen LogP contribution is 2.40. The molecule has 4 rings (SSSR count). The van der Waals surface area contributed by atoms with Crippen LogP contribution in [0.3, 0.4) is 0 Å². The summed E-state index contributed by atoms with van der Waals surface area (Å²) < 4.78 is 19.4. The van der Waals surface area contributed by atoms with E-state index >= 15 is 0 Å². The Morgan fingerprint density at radius 1 is 1.18 bits per heavy atom. The highest BCUT2D eigenvalue weighted by atomic mass is 19.1. The van der Waals surface area contributed by atoms with Crippen molar-refractivity contribution in [2.45, 2.75) is 37.8 Å². The average molecular weight is 451 g/mol. The molecule has 0 unspecified atom stereocenters. The predicted molar refractivity (Wildman–Crippen MR) is 121 cm³/mol. The largest absolute Gasteiger partial charge is 0.438 e. The van der Waals surface area contributed by atoms with E-state index < -0.39 is 11.7 Å². The number of aliphatic hydroxyl groups is 1. The smallest absolute Gasteiger partial charge is 0.411 e.